The van der Waals surface area contributed by atoms with E-state index in [1.807, 2.05) is 0 Å². The number of hydrogen-bond donors (Lipinski definition) is 2. The summed E-state index contributed by atoms with van der Waals surface area (Å²) in [5.41, 5.74) is 6.19. The number of nitrogens with zero attached hydrogens (tertiary/aromatic N) is 4. The molecular formula is C15H19ClFN6O6P. The second-order valence-electron chi connectivity index (χ2n) is 6.68. The molecule has 2 aliphatic heterocycles. The lowest BCUT2D eigenvalue weighted by molar-refractivity contribution is -0.144. The number of nitrogens with two attached hydrogens (primary N) is 1. The minimum absolute atomic E-state index is 0.0378. The van der Waals surface area contributed by atoms with Crippen LogP contribution in [0.5, 0.6) is 0 Å². The molecule has 3 unspecified atom stereocenters. The molecule has 0 radical (unpaired) electrons. The number of carbonyl (C=O) groups excluding carboxylic acids is 1. The first-order chi connectivity index (χ1) is 14.2. The number of nitrogens with one attached hydrogen (secondary N) is 1. The van der Waals surface area contributed by atoms with Crippen LogP contribution in [-0.2, 0) is 27.9 Å². The minimum atomic E-state index is -3.98. The highest BCUT2D eigenvalue weighted by Crippen LogP contribution is 2.54. The van der Waals surface area contributed by atoms with Crippen LogP contribution < -0.4 is 10.8 Å². The molecule has 15 heteroatoms. The SMILES string of the molecule is CCOC(=O)C(C)NP1(=O)OCC2O[C@@H](n3cnc4c(N)nc(Cl)nc43)[C@@H](F)[C@@H]2O1. The highest BCUT2D eigenvalue weighted by Gasteiger charge is 2.54. The number of hydrogen-bond acceptors (Lipinski definition) is 10. The Bertz CT molecular complexity index is 1020. The number of imidazole rings is 1. The van der Waals surface area contributed by atoms with E-state index < -0.39 is 44.4 Å². The van der Waals surface area contributed by atoms with E-state index in [4.69, 9.17) is 35.9 Å². The van der Waals surface area contributed by atoms with Gasteiger partial charge in [0.15, 0.2) is 23.9 Å². The number of nitrogen functional groups attached to an aromatic ring is 1. The Morgan fingerprint density at radius 3 is 3.07 bits per heavy atom. The van der Waals surface area contributed by atoms with E-state index >= 15 is 4.39 Å². The maximum Gasteiger partial charge on any atom is 0.406 e. The Hall–Kier alpha value is -1.89. The van der Waals surface area contributed by atoms with Gasteiger partial charge in [-0.1, -0.05) is 0 Å². The highest BCUT2D eigenvalue weighted by molar-refractivity contribution is 7.51. The van der Waals surface area contributed by atoms with Crippen LogP contribution in [0.25, 0.3) is 11.2 Å². The van der Waals surface area contributed by atoms with E-state index in [2.05, 4.69) is 20.0 Å². The molecule has 6 atom stereocenters. The van der Waals surface area contributed by atoms with E-state index in [0.29, 0.717) is 0 Å². The van der Waals surface area contributed by atoms with E-state index in [0.717, 1.165) is 0 Å². The maximum atomic E-state index is 15.3. The van der Waals surface area contributed by atoms with Crippen molar-refractivity contribution in [1.82, 2.24) is 24.6 Å². The van der Waals surface area contributed by atoms with Crippen LogP contribution in [-0.4, -0.2) is 63.1 Å². The monoisotopic (exact) mass is 464 g/mol. The van der Waals surface area contributed by atoms with Crippen LogP contribution in [0.4, 0.5) is 10.2 Å². The first kappa shape index (κ1) is 21.3. The number of ether oxygens (including phenoxy) is 2. The van der Waals surface area contributed by atoms with E-state index in [9.17, 15) is 9.36 Å². The summed E-state index contributed by atoms with van der Waals surface area (Å²) in [7, 11) is -3.98. The molecule has 0 saturated carbocycles. The number of fused-ring (bicyclic) bond motifs is 2. The van der Waals surface area contributed by atoms with Crippen LogP contribution in [0.1, 0.15) is 20.1 Å². The van der Waals surface area contributed by atoms with Gasteiger partial charge in [0.2, 0.25) is 5.28 Å². The second kappa shape index (κ2) is 7.98. The molecule has 2 fully saturated rings. The number of rotatable bonds is 5. The molecule has 164 valence electrons. The van der Waals surface area contributed by atoms with Gasteiger partial charge >= 0.3 is 13.7 Å². The van der Waals surface area contributed by atoms with Gasteiger partial charge in [0.05, 0.1) is 19.5 Å². The zero-order valence-electron chi connectivity index (χ0n) is 15.9. The van der Waals surface area contributed by atoms with Gasteiger partial charge in [0.25, 0.3) is 0 Å². The number of aromatic nitrogens is 4. The van der Waals surface area contributed by atoms with Gasteiger partial charge in [-0.2, -0.15) is 9.97 Å². The van der Waals surface area contributed by atoms with Crippen molar-refractivity contribution in [3.05, 3.63) is 11.6 Å². The normalized spacial score (nSPS) is 32.1. The van der Waals surface area contributed by atoms with Crippen molar-refractivity contribution in [3.63, 3.8) is 0 Å². The van der Waals surface area contributed by atoms with Crippen LogP contribution in [0.3, 0.4) is 0 Å². The molecule has 2 aromatic rings. The average Bonchev–Trinajstić information content (AvgIpc) is 3.23. The Balaban J connectivity index is 1.54. The third kappa shape index (κ3) is 3.77. The van der Waals surface area contributed by atoms with Crippen molar-refractivity contribution in [2.75, 3.05) is 18.9 Å². The Kier molecular flexibility index (Phi) is 5.68. The molecule has 4 heterocycles. The molecule has 3 N–H and O–H groups in total. The van der Waals surface area contributed by atoms with Crippen LogP contribution in [0.15, 0.2) is 6.33 Å². The number of esters is 1. The first-order valence-corrected chi connectivity index (χ1v) is 11.0. The molecular weight excluding hydrogens is 446 g/mol. The molecule has 30 heavy (non-hydrogen) atoms. The minimum Gasteiger partial charge on any atom is -0.465 e. The van der Waals surface area contributed by atoms with Gasteiger partial charge in [0, 0.05) is 0 Å². The van der Waals surface area contributed by atoms with Crippen molar-refractivity contribution < 1.29 is 32.3 Å². The van der Waals surface area contributed by atoms with Crippen molar-refractivity contribution in [3.8, 4) is 0 Å². The quantitative estimate of drug-likeness (QED) is 0.374. The maximum absolute atomic E-state index is 15.3. The molecule has 0 aromatic carbocycles. The summed E-state index contributed by atoms with van der Waals surface area (Å²) in [6.07, 6.45) is -3.72. The summed E-state index contributed by atoms with van der Waals surface area (Å²) in [6.45, 7) is 3.01. The van der Waals surface area contributed by atoms with Gasteiger partial charge in [-0.05, 0) is 25.4 Å². The Labute approximate surface area is 174 Å². The predicted molar refractivity (Wildman–Crippen MR) is 101 cm³/mol. The Morgan fingerprint density at radius 2 is 2.33 bits per heavy atom. The van der Waals surface area contributed by atoms with Gasteiger partial charge in [-0.15, -0.1) is 0 Å². The largest absolute Gasteiger partial charge is 0.465 e. The summed E-state index contributed by atoms with van der Waals surface area (Å²) in [5.74, 6) is -0.603. The lowest BCUT2D eigenvalue weighted by Crippen LogP contribution is -2.43. The molecule has 2 saturated heterocycles. The summed E-state index contributed by atoms with van der Waals surface area (Å²) in [5, 5.41) is 2.32. The summed E-state index contributed by atoms with van der Waals surface area (Å²) < 4.78 is 50.7. The fourth-order valence-electron chi connectivity index (χ4n) is 3.26. The lowest BCUT2D eigenvalue weighted by atomic mass is 10.1. The smallest absolute Gasteiger partial charge is 0.406 e. The summed E-state index contributed by atoms with van der Waals surface area (Å²) in [6, 6.07) is -0.983. The highest BCUT2D eigenvalue weighted by atomic mass is 35.5. The van der Waals surface area contributed by atoms with E-state index in [-0.39, 0.29) is 35.5 Å². The standard InChI is InChI=1S/C15H19ClFN6O6P/c1-3-26-14(24)6(2)22-30(25)27-4-7-10(29-30)8(17)13(28-7)23-5-19-9-11(18)20-15(16)21-12(9)23/h5-8,10,13H,3-4H2,1-2H3,(H,22,25)(H2,18,20,21)/t6?,7?,8-,10+,13+,30?/m0/s1. The zero-order chi connectivity index (χ0) is 21.6. The van der Waals surface area contributed by atoms with E-state index in [1.54, 1.807) is 6.92 Å². The van der Waals surface area contributed by atoms with Crippen LogP contribution in [0, 0.1) is 0 Å². The Morgan fingerprint density at radius 1 is 1.57 bits per heavy atom. The molecule has 2 aromatic heterocycles. The van der Waals surface area contributed by atoms with Crippen LogP contribution >= 0.6 is 19.3 Å². The molecule has 12 nitrogen and oxygen atoms in total. The lowest BCUT2D eigenvalue weighted by Gasteiger charge is -2.32. The number of anilines is 1. The van der Waals surface area contributed by atoms with Crippen LogP contribution in [0.2, 0.25) is 5.28 Å². The predicted octanol–water partition coefficient (Wildman–Crippen LogP) is 1.36. The summed E-state index contributed by atoms with van der Waals surface area (Å²) >= 11 is 5.85. The summed E-state index contributed by atoms with van der Waals surface area (Å²) in [4.78, 5) is 23.7. The molecule has 0 amide bonds. The average molecular weight is 465 g/mol. The molecule has 2 aliphatic rings. The van der Waals surface area contributed by atoms with Crippen molar-refractivity contribution >= 4 is 42.3 Å². The third-order valence-corrected chi connectivity index (χ3v) is 6.51. The van der Waals surface area contributed by atoms with Crippen molar-refractivity contribution in [2.24, 2.45) is 0 Å². The van der Waals surface area contributed by atoms with Gasteiger partial charge in [-0.25, -0.2) is 19.0 Å². The second-order valence-corrected chi connectivity index (χ2v) is 8.74. The van der Waals surface area contributed by atoms with Gasteiger partial charge in [0.1, 0.15) is 23.8 Å². The number of carbonyl (C=O) groups is 1. The molecule has 0 aliphatic carbocycles. The third-order valence-electron chi connectivity index (χ3n) is 4.62. The van der Waals surface area contributed by atoms with Gasteiger partial charge in [-0.3, -0.25) is 18.4 Å². The molecule has 0 spiro atoms. The van der Waals surface area contributed by atoms with Crippen molar-refractivity contribution in [1.29, 1.82) is 0 Å². The number of alkyl halides is 1. The molecule has 0 bridgehead atoms. The van der Waals surface area contributed by atoms with Gasteiger partial charge < -0.3 is 15.2 Å². The number of halogens is 2. The fraction of sp³-hybridized carbons (Fsp3) is 0.600. The zero-order valence-corrected chi connectivity index (χ0v) is 17.5. The van der Waals surface area contributed by atoms with E-state index in [1.165, 1.54) is 17.8 Å². The fourth-order valence-corrected chi connectivity index (χ4v) is 5.12. The topological polar surface area (TPSA) is 153 Å². The van der Waals surface area contributed by atoms with Crippen molar-refractivity contribution in [2.45, 2.75) is 44.5 Å². The molecule has 4 rings (SSSR count). The first-order valence-electron chi connectivity index (χ1n) is 9.05.